The zero-order valence-corrected chi connectivity index (χ0v) is 9.86. The summed E-state index contributed by atoms with van der Waals surface area (Å²) in [4.78, 5) is 0. The summed E-state index contributed by atoms with van der Waals surface area (Å²) < 4.78 is 28.1. The standard InChI is InChI=1S/C13H22F2/c1-12(14)7-3-5-10(9-12)11-6-4-8-13(11,2)15/h10-11H,3-9H2,1-2H3/t10?,11?,12-,13+/m1/s1. The average Bonchev–Trinajstić information content (AvgIpc) is 2.43. The SMILES string of the molecule is C[C@@]1(F)CCCC(C2CCC[C@]2(C)F)C1. The van der Waals surface area contributed by atoms with Crippen LogP contribution in [-0.2, 0) is 0 Å². The van der Waals surface area contributed by atoms with Gasteiger partial charge >= 0.3 is 0 Å². The zero-order chi connectivity index (χ0) is 11.1. The lowest BCUT2D eigenvalue weighted by molar-refractivity contribution is 0.0212. The van der Waals surface area contributed by atoms with Gasteiger partial charge in [-0.05, 0) is 70.6 Å². The van der Waals surface area contributed by atoms with E-state index in [-0.39, 0.29) is 11.8 Å². The van der Waals surface area contributed by atoms with Crippen LogP contribution in [-0.4, -0.2) is 11.3 Å². The normalized spacial score (nSPS) is 52.0. The molecule has 0 radical (unpaired) electrons. The Hall–Kier alpha value is -0.140. The lowest BCUT2D eigenvalue weighted by atomic mass is 9.71. The molecule has 2 heteroatoms. The quantitative estimate of drug-likeness (QED) is 0.608. The summed E-state index contributed by atoms with van der Waals surface area (Å²) in [6.07, 6.45) is 5.84. The highest BCUT2D eigenvalue weighted by molar-refractivity contribution is 4.96. The zero-order valence-electron chi connectivity index (χ0n) is 9.86. The molecule has 0 bridgehead atoms. The van der Waals surface area contributed by atoms with Crippen LogP contribution in [0.3, 0.4) is 0 Å². The third-order valence-electron chi connectivity index (χ3n) is 4.48. The number of rotatable bonds is 1. The van der Waals surface area contributed by atoms with Gasteiger partial charge in [0.15, 0.2) is 0 Å². The van der Waals surface area contributed by atoms with Crippen molar-refractivity contribution in [3.05, 3.63) is 0 Å². The van der Waals surface area contributed by atoms with Gasteiger partial charge in [0.25, 0.3) is 0 Å². The lowest BCUT2D eigenvalue weighted by Gasteiger charge is -2.38. The highest BCUT2D eigenvalue weighted by atomic mass is 19.1. The van der Waals surface area contributed by atoms with Crippen molar-refractivity contribution in [2.75, 3.05) is 0 Å². The van der Waals surface area contributed by atoms with Gasteiger partial charge in [-0.25, -0.2) is 8.78 Å². The van der Waals surface area contributed by atoms with Gasteiger partial charge in [0.2, 0.25) is 0 Å². The molecule has 2 aliphatic rings. The van der Waals surface area contributed by atoms with Crippen LogP contribution in [0, 0.1) is 11.8 Å². The van der Waals surface area contributed by atoms with Gasteiger partial charge in [-0.15, -0.1) is 0 Å². The number of hydrogen-bond donors (Lipinski definition) is 0. The summed E-state index contributed by atoms with van der Waals surface area (Å²) in [7, 11) is 0. The van der Waals surface area contributed by atoms with Crippen molar-refractivity contribution in [3.63, 3.8) is 0 Å². The Kier molecular flexibility index (Phi) is 2.81. The fourth-order valence-corrected chi connectivity index (χ4v) is 3.71. The van der Waals surface area contributed by atoms with Crippen LogP contribution < -0.4 is 0 Å². The van der Waals surface area contributed by atoms with Crippen LogP contribution in [0.5, 0.6) is 0 Å². The van der Waals surface area contributed by atoms with E-state index in [0.29, 0.717) is 19.3 Å². The molecule has 15 heavy (non-hydrogen) atoms. The van der Waals surface area contributed by atoms with E-state index in [0.717, 1.165) is 25.7 Å². The minimum atomic E-state index is -1.04. The van der Waals surface area contributed by atoms with Crippen LogP contribution in [0.1, 0.15) is 58.8 Å². The molecule has 0 heterocycles. The Morgan fingerprint density at radius 1 is 1.00 bits per heavy atom. The van der Waals surface area contributed by atoms with Gasteiger partial charge in [0.05, 0.1) is 0 Å². The van der Waals surface area contributed by atoms with E-state index < -0.39 is 11.3 Å². The van der Waals surface area contributed by atoms with Crippen molar-refractivity contribution >= 4 is 0 Å². The maximum Gasteiger partial charge on any atom is 0.111 e. The topological polar surface area (TPSA) is 0 Å². The highest BCUT2D eigenvalue weighted by Crippen LogP contribution is 2.49. The molecule has 0 aliphatic heterocycles. The van der Waals surface area contributed by atoms with Crippen LogP contribution in [0.2, 0.25) is 0 Å². The molecule has 88 valence electrons. The van der Waals surface area contributed by atoms with Crippen molar-refractivity contribution in [2.24, 2.45) is 11.8 Å². The minimum Gasteiger partial charge on any atom is -0.244 e. The smallest absolute Gasteiger partial charge is 0.111 e. The summed E-state index contributed by atoms with van der Waals surface area (Å²) in [5.74, 6) is 0.402. The minimum absolute atomic E-state index is 0.118. The molecule has 0 aromatic carbocycles. The molecule has 2 aliphatic carbocycles. The van der Waals surface area contributed by atoms with Crippen LogP contribution >= 0.6 is 0 Å². The van der Waals surface area contributed by atoms with Crippen LogP contribution in [0.25, 0.3) is 0 Å². The maximum absolute atomic E-state index is 14.2. The van der Waals surface area contributed by atoms with Crippen molar-refractivity contribution < 1.29 is 8.78 Å². The Balaban J connectivity index is 2.04. The first-order valence-electron chi connectivity index (χ1n) is 6.29. The summed E-state index contributed by atoms with van der Waals surface area (Å²) in [5.41, 5.74) is -2.07. The lowest BCUT2D eigenvalue weighted by Crippen LogP contribution is -2.37. The maximum atomic E-state index is 14.2. The second-order valence-electron chi connectivity index (χ2n) is 6.05. The first-order valence-corrected chi connectivity index (χ1v) is 6.29. The summed E-state index contributed by atoms with van der Waals surface area (Å²) >= 11 is 0. The predicted octanol–water partition coefficient (Wildman–Crippen LogP) is 4.43. The van der Waals surface area contributed by atoms with Crippen molar-refractivity contribution in [1.29, 1.82) is 0 Å². The van der Waals surface area contributed by atoms with E-state index in [1.54, 1.807) is 13.8 Å². The van der Waals surface area contributed by atoms with E-state index >= 15 is 0 Å². The monoisotopic (exact) mass is 216 g/mol. The van der Waals surface area contributed by atoms with Gasteiger partial charge in [-0.2, -0.15) is 0 Å². The molecule has 0 spiro atoms. The largest absolute Gasteiger partial charge is 0.244 e. The first-order chi connectivity index (χ1) is 6.91. The Morgan fingerprint density at radius 2 is 1.67 bits per heavy atom. The van der Waals surface area contributed by atoms with E-state index in [4.69, 9.17) is 0 Å². The Bertz CT molecular complexity index is 233. The third-order valence-corrected chi connectivity index (χ3v) is 4.48. The van der Waals surface area contributed by atoms with E-state index in [1.807, 2.05) is 0 Å². The van der Waals surface area contributed by atoms with Gasteiger partial charge in [-0.1, -0.05) is 0 Å². The third kappa shape index (κ3) is 2.34. The Labute approximate surface area is 91.4 Å². The van der Waals surface area contributed by atoms with Gasteiger partial charge < -0.3 is 0 Å². The van der Waals surface area contributed by atoms with Crippen LogP contribution in [0.15, 0.2) is 0 Å². The van der Waals surface area contributed by atoms with Crippen molar-refractivity contribution in [2.45, 2.75) is 70.1 Å². The molecule has 0 N–H and O–H groups in total. The summed E-state index contributed by atoms with van der Waals surface area (Å²) in [6, 6.07) is 0. The molecule has 4 atom stereocenters. The molecule has 2 unspecified atom stereocenters. The molecule has 2 saturated carbocycles. The van der Waals surface area contributed by atoms with E-state index in [2.05, 4.69) is 0 Å². The number of hydrogen-bond acceptors (Lipinski definition) is 0. The molecular formula is C13H22F2. The second-order valence-corrected chi connectivity index (χ2v) is 6.05. The molecule has 0 aromatic heterocycles. The first kappa shape index (κ1) is 11.3. The van der Waals surface area contributed by atoms with Gasteiger partial charge in [-0.3, -0.25) is 0 Å². The molecule has 2 fully saturated rings. The molecule has 0 amide bonds. The van der Waals surface area contributed by atoms with Crippen molar-refractivity contribution in [1.82, 2.24) is 0 Å². The molecule has 2 rings (SSSR count). The molecule has 0 saturated heterocycles. The Morgan fingerprint density at radius 3 is 2.20 bits per heavy atom. The van der Waals surface area contributed by atoms with Gasteiger partial charge in [0.1, 0.15) is 11.3 Å². The molecular weight excluding hydrogens is 194 g/mol. The number of halogens is 2. The average molecular weight is 216 g/mol. The number of alkyl halides is 2. The van der Waals surface area contributed by atoms with Gasteiger partial charge in [0, 0.05) is 0 Å². The molecule has 0 nitrogen and oxygen atoms in total. The van der Waals surface area contributed by atoms with Crippen molar-refractivity contribution in [3.8, 4) is 0 Å². The highest BCUT2D eigenvalue weighted by Gasteiger charge is 2.46. The second kappa shape index (κ2) is 3.71. The fraction of sp³-hybridized carbons (Fsp3) is 1.00. The summed E-state index contributed by atoms with van der Waals surface area (Å²) in [5, 5.41) is 0. The van der Waals surface area contributed by atoms with E-state index in [1.165, 1.54) is 0 Å². The summed E-state index contributed by atoms with van der Waals surface area (Å²) in [6.45, 7) is 3.40. The predicted molar refractivity (Wildman–Crippen MR) is 58.3 cm³/mol. The van der Waals surface area contributed by atoms with Crippen LogP contribution in [0.4, 0.5) is 8.78 Å². The molecule has 0 aromatic rings. The fourth-order valence-electron chi connectivity index (χ4n) is 3.71. The van der Waals surface area contributed by atoms with E-state index in [9.17, 15) is 8.78 Å².